The number of nitrogens with zero attached hydrogens (tertiary/aromatic N) is 1. The predicted octanol–water partition coefficient (Wildman–Crippen LogP) is 1.98. The van der Waals surface area contributed by atoms with Gasteiger partial charge in [-0.15, -0.1) is 0 Å². The van der Waals surface area contributed by atoms with E-state index in [0.717, 1.165) is 0 Å². The van der Waals surface area contributed by atoms with Crippen molar-refractivity contribution in [1.29, 1.82) is 0 Å². The van der Waals surface area contributed by atoms with Crippen LogP contribution in [0.2, 0.25) is 0 Å². The summed E-state index contributed by atoms with van der Waals surface area (Å²) in [5.74, 6) is -0.905. The van der Waals surface area contributed by atoms with Gasteiger partial charge in [0.25, 0.3) is 0 Å². The smallest absolute Gasteiger partial charge is 0.323 e. The molecule has 0 aliphatic heterocycles. The summed E-state index contributed by atoms with van der Waals surface area (Å²) < 4.78 is 5.01. The Bertz CT molecular complexity index is 536. The van der Waals surface area contributed by atoms with Crippen molar-refractivity contribution in [3.05, 3.63) is 29.8 Å². The van der Waals surface area contributed by atoms with Crippen LogP contribution in [0.3, 0.4) is 0 Å². The van der Waals surface area contributed by atoms with Gasteiger partial charge in [-0.3, -0.25) is 14.4 Å². The van der Waals surface area contributed by atoms with Crippen molar-refractivity contribution in [3.8, 4) is 5.75 Å². The van der Waals surface area contributed by atoms with E-state index in [1.807, 2.05) is 0 Å². The van der Waals surface area contributed by atoms with E-state index in [2.05, 4.69) is 0 Å². The van der Waals surface area contributed by atoms with Crippen LogP contribution in [0.5, 0.6) is 5.75 Å². The maximum atomic E-state index is 12.0. The standard InChI is InChI=1S/C16H21NO5/c1-11(2)17(10-16(20)21)15(19)9-8-14(18)12-4-6-13(22-3)7-5-12/h4-7,11H,8-10H2,1-3H3,(H,20,21). The summed E-state index contributed by atoms with van der Waals surface area (Å²) in [4.78, 5) is 36.1. The Kier molecular flexibility index (Phi) is 6.56. The second-order valence-corrected chi connectivity index (χ2v) is 5.16. The van der Waals surface area contributed by atoms with Crippen LogP contribution >= 0.6 is 0 Å². The minimum absolute atomic E-state index is 0.00365. The van der Waals surface area contributed by atoms with Gasteiger partial charge in [-0.25, -0.2) is 0 Å². The molecule has 6 nitrogen and oxygen atoms in total. The molecule has 0 fully saturated rings. The molecule has 0 radical (unpaired) electrons. The van der Waals surface area contributed by atoms with Crippen molar-refractivity contribution in [1.82, 2.24) is 4.90 Å². The lowest BCUT2D eigenvalue weighted by molar-refractivity contribution is -0.145. The maximum absolute atomic E-state index is 12.0. The molecule has 0 bridgehead atoms. The number of carboxylic acids is 1. The monoisotopic (exact) mass is 307 g/mol. The first-order valence-corrected chi connectivity index (χ1v) is 7.03. The number of ketones is 1. The lowest BCUT2D eigenvalue weighted by Gasteiger charge is -2.24. The first-order chi connectivity index (χ1) is 10.3. The summed E-state index contributed by atoms with van der Waals surface area (Å²) in [6.07, 6.45) is 0.0460. The molecule has 0 saturated carbocycles. The van der Waals surface area contributed by atoms with Crippen LogP contribution in [0, 0.1) is 0 Å². The summed E-state index contributed by atoms with van der Waals surface area (Å²) >= 11 is 0. The highest BCUT2D eigenvalue weighted by Gasteiger charge is 2.20. The van der Waals surface area contributed by atoms with Gasteiger partial charge in [0.15, 0.2) is 5.78 Å². The molecular weight excluding hydrogens is 286 g/mol. The van der Waals surface area contributed by atoms with E-state index in [-0.39, 0.29) is 37.1 Å². The molecule has 0 spiro atoms. The third kappa shape index (κ3) is 5.20. The summed E-state index contributed by atoms with van der Waals surface area (Å²) in [6, 6.07) is 6.42. The van der Waals surface area contributed by atoms with Gasteiger partial charge in [-0.05, 0) is 38.1 Å². The zero-order valence-electron chi connectivity index (χ0n) is 13.0. The Morgan fingerprint density at radius 3 is 2.18 bits per heavy atom. The third-order valence-corrected chi connectivity index (χ3v) is 3.23. The fourth-order valence-corrected chi connectivity index (χ4v) is 1.99. The predicted molar refractivity (Wildman–Crippen MR) is 81.0 cm³/mol. The lowest BCUT2D eigenvalue weighted by atomic mass is 10.1. The minimum atomic E-state index is -1.07. The molecule has 6 heteroatoms. The van der Waals surface area contributed by atoms with E-state index in [9.17, 15) is 14.4 Å². The Morgan fingerprint density at radius 2 is 1.73 bits per heavy atom. The molecule has 1 aromatic rings. The fraction of sp³-hybridized carbons (Fsp3) is 0.438. The summed E-state index contributed by atoms with van der Waals surface area (Å²) in [5, 5.41) is 8.81. The highest BCUT2D eigenvalue weighted by Crippen LogP contribution is 2.14. The van der Waals surface area contributed by atoms with Gasteiger partial charge >= 0.3 is 5.97 Å². The van der Waals surface area contributed by atoms with Crippen molar-refractivity contribution >= 4 is 17.7 Å². The molecular formula is C16H21NO5. The van der Waals surface area contributed by atoms with Crippen LogP contribution in [0.15, 0.2) is 24.3 Å². The van der Waals surface area contributed by atoms with Crippen LogP contribution in [-0.2, 0) is 9.59 Å². The number of hydrogen-bond acceptors (Lipinski definition) is 4. The quantitative estimate of drug-likeness (QED) is 0.742. The minimum Gasteiger partial charge on any atom is -0.497 e. The number of amides is 1. The second-order valence-electron chi connectivity index (χ2n) is 5.16. The SMILES string of the molecule is COc1ccc(C(=O)CCC(=O)N(CC(=O)O)C(C)C)cc1. The molecule has 0 aliphatic carbocycles. The Hall–Kier alpha value is -2.37. The Morgan fingerprint density at radius 1 is 1.14 bits per heavy atom. The molecule has 0 unspecified atom stereocenters. The van der Waals surface area contributed by atoms with Crippen molar-refractivity contribution in [2.45, 2.75) is 32.7 Å². The van der Waals surface area contributed by atoms with Crippen molar-refractivity contribution in [2.75, 3.05) is 13.7 Å². The number of Topliss-reactive ketones (excluding diaryl/α,β-unsaturated/α-hetero) is 1. The van der Waals surface area contributed by atoms with Crippen LogP contribution in [0.4, 0.5) is 0 Å². The van der Waals surface area contributed by atoms with Gasteiger partial charge in [0.05, 0.1) is 7.11 Å². The number of carbonyl (C=O) groups excluding carboxylic acids is 2. The molecule has 1 aromatic carbocycles. The average molecular weight is 307 g/mol. The first-order valence-electron chi connectivity index (χ1n) is 7.03. The van der Waals surface area contributed by atoms with Gasteiger partial charge < -0.3 is 14.7 Å². The van der Waals surface area contributed by atoms with Crippen LogP contribution in [0.25, 0.3) is 0 Å². The van der Waals surface area contributed by atoms with Crippen molar-refractivity contribution in [3.63, 3.8) is 0 Å². The van der Waals surface area contributed by atoms with E-state index in [1.54, 1.807) is 45.2 Å². The number of rotatable bonds is 8. The molecule has 0 aromatic heterocycles. The van der Waals surface area contributed by atoms with E-state index in [1.165, 1.54) is 4.90 Å². The topological polar surface area (TPSA) is 83.9 Å². The van der Waals surface area contributed by atoms with Crippen molar-refractivity contribution in [2.24, 2.45) is 0 Å². The fourth-order valence-electron chi connectivity index (χ4n) is 1.99. The van der Waals surface area contributed by atoms with Gasteiger partial charge in [0, 0.05) is 24.4 Å². The maximum Gasteiger partial charge on any atom is 0.323 e. The highest BCUT2D eigenvalue weighted by atomic mass is 16.5. The number of hydrogen-bond donors (Lipinski definition) is 1. The average Bonchev–Trinajstić information content (AvgIpc) is 2.49. The van der Waals surface area contributed by atoms with E-state index < -0.39 is 5.97 Å². The van der Waals surface area contributed by atoms with E-state index in [4.69, 9.17) is 9.84 Å². The van der Waals surface area contributed by atoms with Crippen LogP contribution in [0.1, 0.15) is 37.0 Å². The Balaban J connectivity index is 2.60. The number of benzene rings is 1. The van der Waals surface area contributed by atoms with Crippen LogP contribution in [-0.4, -0.2) is 47.4 Å². The molecule has 1 rings (SSSR count). The number of ether oxygens (including phenoxy) is 1. The van der Waals surface area contributed by atoms with Gasteiger partial charge in [-0.1, -0.05) is 0 Å². The normalized spacial score (nSPS) is 10.4. The second kappa shape index (κ2) is 8.17. The zero-order valence-corrected chi connectivity index (χ0v) is 13.0. The zero-order chi connectivity index (χ0) is 16.7. The van der Waals surface area contributed by atoms with Crippen LogP contribution < -0.4 is 4.74 Å². The largest absolute Gasteiger partial charge is 0.497 e. The van der Waals surface area contributed by atoms with Crippen molar-refractivity contribution < 1.29 is 24.2 Å². The molecule has 0 saturated heterocycles. The molecule has 0 aliphatic rings. The summed E-state index contributed by atoms with van der Waals surface area (Å²) in [7, 11) is 1.54. The molecule has 22 heavy (non-hydrogen) atoms. The summed E-state index contributed by atoms with van der Waals surface area (Å²) in [6.45, 7) is 3.13. The number of aliphatic carboxylic acids is 1. The molecule has 0 heterocycles. The van der Waals surface area contributed by atoms with Gasteiger partial charge in [0.1, 0.15) is 12.3 Å². The molecule has 120 valence electrons. The third-order valence-electron chi connectivity index (χ3n) is 3.23. The van der Waals surface area contributed by atoms with Gasteiger partial charge in [0.2, 0.25) is 5.91 Å². The van der Waals surface area contributed by atoms with E-state index >= 15 is 0 Å². The molecule has 1 N–H and O–H groups in total. The first kappa shape index (κ1) is 17.7. The summed E-state index contributed by atoms with van der Waals surface area (Å²) in [5.41, 5.74) is 0.503. The number of methoxy groups -OCH3 is 1. The van der Waals surface area contributed by atoms with Gasteiger partial charge in [-0.2, -0.15) is 0 Å². The van der Waals surface area contributed by atoms with E-state index in [0.29, 0.717) is 11.3 Å². The lowest BCUT2D eigenvalue weighted by Crippen LogP contribution is -2.40. The number of carboxylic acid groups (broad SMARTS) is 1. The molecule has 1 amide bonds. The highest BCUT2D eigenvalue weighted by molar-refractivity contribution is 5.98. The Labute approximate surface area is 129 Å². The number of carbonyl (C=O) groups is 3. The molecule has 0 atom stereocenters.